The Bertz CT molecular complexity index is 4670. The van der Waals surface area contributed by atoms with E-state index < -0.39 is 0 Å². The largest absolute Gasteiger partial charge is 0.463 e. The highest BCUT2D eigenvalue weighted by Gasteiger charge is 2.93. The number of carbonyl (C=O) groups is 2. The SMILES string of the molecule is CC(=O)CCCC(C)(C)c1ccccc1.COCCOC(=O)CCCC1(c2ccccc2)C23C4=c5ccc6c7c8c9c(c2c57)c2c5c7c(ccc%10c%11ccc%12c%13c(c9c2c(c%13%11)c7%10)C2C=%12C=CC=6C82)=C(C=C4)C513. The third-order valence-corrected chi connectivity index (χ3v) is 20.6. The molecule has 72 heavy (non-hydrogen) atoms. The molecular weight excluding hydrogens is 881 g/mol. The number of allylic oxidation sites excluding steroid dienone is 4. The van der Waals surface area contributed by atoms with Crippen LogP contribution < -0.4 is 20.9 Å². The molecule has 0 N–H and O–H groups in total. The van der Waals surface area contributed by atoms with E-state index in [-0.39, 0.29) is 27.6 Å². The number of ketones is 1. The number of benzene rings is 8. The molecule has 5 unspecified atom stereocenters. The Kier molecular flexibility index (Phi) is 6.78. The lowest BCUT2D eigenvalue weighted by Gasteiger charge is -2.35. The lowest BCUT2D eigenvalue weighted by Crippen LogP contribution is -2.27. The fourth-order valence-electron chi connectivity index (χ4n) is 18.7. The van der Waals surface area contributed by atoms with E-state index in [0.29, 0.717) is 43.7 Å². The van der Waals surface area contributed by atoms with Crippen LogP contribution in [-0.2, 0) is 40.7 Å². The first kappa shape index (κ1) is 39.5. The van der Waals surface area contributed by atoms with E-state index in [1.165, 1.54) is 81.0 Å². The Morgan fingerprint density at radius 1 is 0.542 bits per heavy atom. The van der Waals surface area contributed by atoms with Crippen molar-refractivity contribution in [1.29, 1.82) is 0 Å². The molecule has 0 saturated heterocycles. The standard InChI is InChI=1S/C54H30O3.C14H20O/c1-56-20-21-57-33(55)8-5-19-52(22-6-3-2-4-7-22)53-31-17-18-32-30-16-14-28-26-12-10-24-23-9-11-25-27-13-15-29(31)40-38(27)43-36(25)34(23)42-35(24)37(26)44-39(28)41(30)51(54(32,52)53)49-47(44)45(42)46(43)48(49)50(40)53;1-12(15)8-7-11-14(2,3)13-9-5-4-6-10-13/h2-4,6-7,9-18,34,36H,5,8,19-21H2,1H3;4-6,9-10H,7-8,11H2,1-3H3. The van der Waals surface area contributed by atoms with Gasteiger partial charge in [-0.2, -0.15) is 0 Å². The summed E-state index contributed by atoms with van der Waals surface area (Å²) in [6.07, 6.45) is 15.0. The van der Waals surface area contributed by atoms with Gasteiger partial charge in [-0.15, -0.1) is 0 Å². The minimum Gasteiger partial charge on any atom is -0.463 e. The Labute approximate surface area is 415 Å². The number of ether oxygens (including phenoxy) is 2. The molecule has 1 fully saturated rings. The van der Waals surface area contributed by atoms with E-state index in [0.717, 1.165) is 25.7 Å². The normalized spacial score (nSPS) is 24.7. The van der Waals surface area contributed by atoms with Crippen molar-refractivity contribution in [2.75, 3.05) is 20.3 Å². The van der Waals surface area contributed by atoms with Gasteiger partial charge < -0.3 is 14.3 Å². The molecule has 0 aliphatic heterocycles. The fourth-order valence-corrected chi connectivity index (χ4v) is 18.7. The third-order valence-electron chi connectivity index (χ3n) is 20.6. The maximum Gasteiger partial charge on any atom is 0.305 e. The van der Waals surface area contributed by atoms with Gasteiger partial charge in [0, 0.05) is 48.0 Å². The summed E-state index contributed by atoms with van der Waals surface area (Å²) in [6.45, 7) is 6.86. The molecule has 1 saturated carbocycles. The zero-order chi connectivity index (χ0) is 47.7. The zero-order valence-corrected chi connectivity index (χ0v) is 41.0. The van der Waals surface area contributed by atoms with Gasteiger partial charge in [-0.05, 0) is 190 Å². The van der Waals surface area contributed by atoms with Crippen LogP contribution in [0.4, 0.5) is 0 Å². The summed E-state index contributed by atoms with van der Waals surface area (Å²) in [5.41, 5.74) is 14.7. The fraction of sp³-hybridized carbons (Fsp3) is 0.265. The number of Topliss-reactive ketones (excluding diaryl/α,β-unsaturated/α-hetero) is 1. The smallest absolute Gasteiger partial charge is 0.305 e. The first-order valence-corrected chi connectivity index (χ1v) is 26.6. The molecule has 5 atom stereocenters. The highest BCUT2D eigenvalue weighted by molar-refractivity contribution is 6.53. The summed E-state index contributed by atoms with van der Waals surface area (Å²) in [5.74, 6) is 0.898. The monoisotopic (exact) mass is 930 g/mol. The van der Waals surface area contributed by atoms with Crippen LogP contribution in [0.1, 0.15) is 105 Å². The molecule has 10 aromatic carbocycles. The molecule has 9 aliphatic carbocycles. The summed E-state index contributed by atoms with van der Waals surface area (Å²) >= 11 is 0. The molecule has 0 amide bonds. The van der Waals surface area contributed by atoms with Crippen LogP contribution in [0.2, 0.25) is 0 Å². The minimum atomic E-state index is -0.291. The molecular formula is C68H50O4. The number of carbonyl (C=O) groups excluding carboxylic acids is 2. The molecule has 0 heterocycles. The maximum absolute atomic E-state index is 13.4. The van der Waals surface area contributed by atoms with Crippen LogP contribution in [0.25, 0.3) is 97.7 Å². The number of fused-ring (bicyclic) bond motifs is 1. The van der Waals surface area contributed by atoms with Gasteiger partial charge >= 0.3 is 5.97 Å². The van der Waals surface area contributed by atoms with E-state index in [9.17, 15) is 9.59 Å². The van der Waals surface area contributed by atoms with Crippen molar-refractivity contribution < 1.29 is 19.1 Å². The summed E-state index contributed by atoms with van der Waals surface area (Å²) in [6, 6.07) is 37.1. The molecule has 0 bridgehead atoms. The van der Waals surface area contributed by atoms with Crippen LogP contribution in [-0.4, -0.2) is 32.1 Å². The van der Waals surface area contributed by atoms with Crippen molar-refractivity contribution in [2.45, 2.75) is 92.8 Å². The first-order valence-electron chi connectivity index (χ1n) is 26.6. The van der Waals surface area contributed by atoms with Gasteiger partial charge in [0.25, 0.3) is 0 Å². The molecule has 10 aromatic rings. The van der Waals surface area contributed by atoms with Crippen molar-refractivity contribution in [1.82, 2.24) is 0 Å². The average molecular weight is 931 g/mol. The van der Waals surface area contributed by atoms with Gasteiger partial charge in [0.05, 0.1) is 6.61 Å². The van der Waals surface area contributed by atoms with Gasteiger partial charge in [0.2, 0.25) is 0 Å². The molecule has 4 nitrogen and oxygen atoms in total. The number of rotatable bonds is 13. The molecule has 9 aliphatic rings. The highest BCUT2D eigenvalue weighted by Crippen LogP contribution is 2.92. The average Bonchev–Trinajstić information content (AvgIpc) is 4.24. The summed E-state index contributed by atoms with van der Waals surface area (Å²) < 4.78 is 10.9. The minimum absolute atomic E-state index is 0.125. The topological polar surface area (TPSA) is 52.6 Å². The summed E-state index contributed by atoms with van der Waals surface area (Å²) in [5, 5.41) is 27.4. The van der Waals surface area contributed by atoms with Gasteiger partial charge in [-0.25, -0.2) is 0 Å². The van der Waals surface area contributed by atoms with Crippen LogP contribution in [0, 0.1) is 0 Å². The number of hydrogen-bond donors (Lipinski definition) is 0. The third kappa shape index (κ3) is 3.73. The van der Waals surface area contributed by atoms with E-state index in [1.807, 2.05) is 6.07 Å². The van der Waals surface area contributed by atoms with Crippen LogP contribution >= 0.6 is 0 Å². The lowest BCUT2D eigenvalue weighted by atomic mass is 9.67. The van der Waals surface area contributed by atoms with E-state index in [4.69, 9.17) is 9.47 Å². The van der Waals surface area contributed by atoms with Crippen molar-refractivity contribution in [3.63, 3.8) is 0 Å². The van der Waals surface area contributed by atoms with Crippen LogP contribution in [0.3, 0.4) is 0 Å². The first-order chi connectivity index (χ1) is 35.2. The number of methoxy groups -OCH3 is 1. The molecule has 4 heteroatoms. The Balaban J connectivity index is 0.000000243. The molecule has 0 radical (unpaired) electrons. The Hall–Kier alpha value is -7.14. The molecule has 2 spiro atoms. The molecule has 0 aromatic heterocycles. The van der Waals surface area contributed by atoms with Gasteiger partial charge in [0.1, 0.15) is 12.4 Å². The van der Waals surface area contributed by atoms with Gasteiger partial charge in [-0.3, -0.25) is 4.79 Å². The van der Waals surface area contributed by atoms with E-state index in [1.54, 1.807) is 85.0 Å². The second-order valence-electron chi connectivity index (χ2n) is 23.6. The number of esters is 1. The highest BCUT2D eigenvalue weighted by atomic mass is 16.6. The zero-order valence-electron chi connectivity index (χ0n) is 41.0. The predicted molar refractivity (Wildman–Crippen MR) is 291 cm³/mol. The second-order valence-corrected chi connectivity index (χ2v) is 23.6. The Morgan fingerprint density at radius 3 is 1.74 bits per heavy atom. The van der Waals surface area contributed by atoms with Crippen molar-refractivity contribution in [3.8, 4) is 0 Å². The lowest BCUT2D eigenvalue weighted by molar-refractivity contribution is -0.145. The summed E-state index contributed by atoms with van der Waals surface area (Å²) in [7, 11) is 1.65. The Morgan fingerprint density at radius 2 is 1.08 bits per heavy atom. The van der Waals surface area contributed by atoms with E-state index in [2.05, 4.69) is 129 Å². The quantitative estimate of drug-likeness (QED) is 0.0657. The predicted octanol–water partition coefficient (Wildman–Crippen LogP) is 11.6. The molecule has 346 valence electrons. The van der Waals surface area contributed by atoms with Crippen LogP contribution in [0.5, 0.6) is 0 Å². The van der Waals surface area contributed by atoms with Crippen molar-refractivity contribution in [3.05, 3.63) is 176 Å². The van der Waals surface area contributed by atoms with E-state index >= 15 is 0 Å². The second kappa shape index (κ2) is 12.4. The summed E-state index contributed by atoms with van der Waals surface area (Å²) in [4.78, 5) is 24.2. The van der Waals surface area contributed by atoms with Gasteiger partial charge in [0.15, 0.2) is 0 Å². The maximum atomic E-state index is 13.4. The van der Waals surface area contributed by atoms with Crippen molar-refractivity contribution in [2.24, 2.45) is 0 Å². The van der Waals surface area contributed by atoms with Crippen molar-refractivity contribution >= 4 is 109 Å². The number of hydrogen-bond acceptors (Lipinski definition) is 4. The molecule has 19 rings (SSSR count). The van der Waals surface area contributed by atoms with Gasteiger partial charge in [-0.1, -0.05) is 135 Å². The van der Waals surface area contributed by atoms with Crippen LogP contribution in [0.15, 0.2) is 121 Å².